The molecule has 0 amide bonds. The first kappa shape index (κ1) is 45.9. The highest BCUT2D eigenvalue weighted by Gasteiger charge is 2.63. The summed E-state index contributed by atoms with van der Waals surface area (Å²) in [6, 6.07) is 44.1. The normalized spacial score (nSPS) is 22.3. The van der Waals surface area contributed by atoms with Gasteiger partial charge in [0.2, 0.25) is 0 Å². The van der Waals surface area contributed by atoms with Gasteiger partial charge in [-0.15, -0.1) is 0 Å². The number of anilines is 8. The number of hydrogen-bond acceptors (Lipinski definition) is 3. The summed E-state index contributed by atoms with van der Waals surface area (Å²) in [4.78, 5) is 8.11. The van der Waals surface area contributed by atoms with Gasteiger partial charge in [0.25, 0.3) is 6.71 Å². The fourth-order valence-corrected chi connectivity index (χ4v) is 13.6. The average molecular weight is 930 g/mol. The molecule has 0 spiro atoms. The average Bonchev–Trinajstić information content (AvgIpc) is 3.46. The van der Waals surface area contributed by atoms with Crippen molar-refractivity contribution >= 4 is 74.2 Å². The molecule has 0 radical (unpaired) electrons. The third kappa shape index (κ3) is 6.70. The number of nitrogens with zero attached hydrogens (tertiary/aromatic N) is 3. The first-order valence-electron chi connectivity index (χ1n) is 26.6. The molecule has 6 aromatic rings. The SMILES string of the molecule is CC1CCC(C)(C)c2cc3c(cc21)N(c1ccc(C(C)(C)C)cc1C1=CC=C=C=C1)c1cc(N2c4ccccc4C4(C)CCC24C)cc2c1B3c1cc(C(C)(C)C)ccc1N2c1ccc(C(C)(C)C)cc1. The van der Waals surface area contributed by atoms with Crippen molar-refractivity contribution in [3.8, 4) is 0 Å². The van der Waals surface area contributed by atoms with Crippen LogP contribution in [0.5, 0.6) is 0 Å². The fraction of sp³-hybridized carbons (Fsp3) is 0.373. The van der Waals surface area contributed by atoms with E-state index in [2.05, 4.69) is 244 Å². The minimum atomic E-state index is -0.0855. The number of rotatable bonds is 4. The molecule has 0 N–H and O–H groups in total. The molecule has 3 heterocycles. The van der Waals surface area contributed by atoms with E-state index in [4.69, 9.17) is 0 Å². The Morgan fingerprint density at radius 1 is 0.549 bits per heavy atom. The van der Waals surface area contributed by atoms with Crippen LogP contribution in [-0.2, 0) is 27.1 Å². The number of allylic oxidation sites excluding steroid dienone is 4. The number of fused-ring (bicyclic) bond motifs is 8. The van der Waals surface area contributed by atoms with Crippen LogP contribution in [0.2, 0.25) is 0 Å². The van der Waals surface area contributed by atoms with E-state index in [1.807, 2.05) is 6.08 Å². The molecule has 3 nitrogen and oxygen atoms in total. The molecule has 0 saturated heterocycles. The summed E-state index contributed by atoms with van der Waals surface area (Å²) in [6.07, 6.45) is 11.1. The summed E-state index contributed by atoms with van der Waals surface area (Å²) in [6.45, 7) is 33.6. The van der Waals surface area contributed by atoms with Crippen LogP contribution in [0.15, 0.2) is 139 Å². The van der Waals surface area contributed by atoms with Gasteiger partial charge in [-0.25, -0.2) is 0 Å². The molecule has 1 fully saturated rings. The van der Waals surface area contributed by atoms with Crippen LogP contribution < -0.4 is 31.1 Å². The van der Waals surface area contributed by atoms with E-state index in [1.165, 1.54) is 120 Å². The molecule has 1 saturated carbocycles. The van der Waals surface area contributed by atoms with E-state index in [-0.39, 0.29) is 39.3 Å². The second kappa shape index (κ2) is 15.2. The number of para-hydroxylation sites is 1. The molecule has 3 aliphatic heterocycles. The number of hydrogen-bond donors (Lipinski definition) is 0. The van der Waals surface area contributed by atoms with Crippen molar-refractivity contribution < 1.29 is 0 Å². The molecule has 3 unspecified atom stereocenters. The van der Waals surface area contributed by atoms with Gasteiger partial charge in [0.05, 0.1) is 11.2 Å². The van der Waals surface area contributed by atoms with Crippen molar-refractivity contribution in [2.24, 2.45) is 0 Å². The highest BCUT2D eigenvalue weighted by molar-refractivity contribution is 7.00. The number of benzene rings is 6. The van der Waals surface area contributed by atoms with Crippen LogP contribution in [0, 0.1) is 0 Å². The van der Waals surface area contributed by atoms with E-state index >= 15 is 0 Å². The predicted molar refractivity (Wildman–Crippen MR) is 305 cm³/mol. The quantitative estimate of drug-likeness (QED) is 0.129. The maximum Gasteiger partial charge on any atom is 0.252 e. The lowest BCUT2D eigenvalue weighted by molar-refractivity contribution is 0.133. The lowest BCUT2D eigenvalue weighted by Crippen LogP contribution is -2.62. The zero-order valence-electron chi connectivity index (χ0n) is 44.9. The van der Waals surface area contributed by atoms with Crippen molar-refractivity contribution in [2.45, 2.75) is 161 Å². The van der Waals surface area contributed by atoms with Gasteiger partial charge in [0.15, 0.2) is 0 Å². The summed E-state index contributed by atoms with van der Waals surface area (Å²) in [5, 5.41) is 0. The first-order chi connectivity index (χ1) is 33.5. The Bertz CT molecular complexity index is 3390. The minimum absolute atomic E-state index is 0.00610. The van der Waals surface area contributed by atoms with E-state index in [1.54, 1.807) is 0 Å². The summed E-state index contributed by atoms with van der Waals surface area (Å²) in [5.74, 6) is 0.450. The maximum atomic E-state index is 3.36. The van der Waals surface area contributed by atoms with Crippen molar-refractivity contribution in [3.05, 3.63) is 178 Å². The predicted octanol–water partition coefficient (Wildman–Crippen LogP) is 16.1. The lowest BCUT2D eigenvalue weighted by atomic mass is 9.33. The largest absolute Gasteiger partial charge is 0.334 e. The Balaban J connectivity index is 1.24. The van der Waals surface area contributed by atoms with Crippen LogP contribution in [0.1, 0.15) is 167 Å². The second-order valence-electron chi connectivity index (χ2n) is 26.3. The monoisotopic (exact) mass is 930 g/mol. The Morgan fingerprint density at radius 2 is 1.18 bits per heavy atom. The molecule has 6 aromatic carbocycles. The smallest absolute Gasteiger partial charge is 0.252 e. The molecule has 358 valence electrons. The van der Waals surface area contributed by atoms with E-state index in [0.29, 0.717) is 5.92 Å². The molecule has 3 atom stereocenters. The maximum absolute atomic E-state index is 3.36. The van der Waals surface area contributed by atoms with Gasteiger partial charge < -0.3 is 14.7 Å². The zero-order valence-corrected chi connectivity index (χ0v) is 44.9. The van der Waals surface area contributed by atoms with Crippen LogP contribution in [0.4, 0.5) is 45.5 Å². The molecule has 71 heavy (non-hydrogen) atoms. The Kier molecular flexibility index (Phi) is 9.82. The summed E-state index contributed by atoms with van der Waals surface area (Å²) in [5.41, 5.74) is 31.6. The van der Waals surface area contributed by atoms with Gasteiger partial charge in [-0.2, -0.15) is 0 Å². The van der Waals surface area contributed by atoms with Gasteiger partial charge in [0.1, 0.15) is 0 Å². The molecule has 0 bridgehead atoms. The van der Waals surface area contributed by atoms with Crippen LogP contribution in [0.3, 0.4) is 0 Å². The van der Waals surface area contributed by atoms with Crippen molar-refractivity contribution in [1.29, 1.82) is 0 Å². The van der Waals surface area contributed by atoms with Crippen molar-refractivity contribution in [3.63, 3.8) is 0 Å². The molecule has 3 aliphatic carbocycles. The van der Waals surface area contributed by atoms with Crippen molar-refractivity contribution in [2.75, 3.05) is 14.7 Å². The van der Waals surface area contributed by atoms with Gasteiger partial charge >= 0.3 is 0 Å². The second-order valence-corrected chi connectivity index (χ2v) is 26.3. The van der Waals surface area contributed by atoms with Crippen LogP contribution >= 0.6 is 0 Å². The third-order valence-corrected chi connectivity index (χ3v) is 18.4. The fourth-order valence-electron chi connectivity index (χ4n) is 13.6. The highest BCUT2D eigenvalue weighted by atomic mass is 15.3. The summed E-state index contributed by atoms with van der Waals surface area (Å²) in [7, 11) is 0. The van der Waals surface area contributed by atoms with E-state index in [0.717, 1.165) is 12.0 Å². The third-order valence-electron chi connectivity index (χ3n) is 18.4. The standard InChI is InChI=1S/C67H72BN3/c1-42-32-33-65(11,12)52-41-54-58(40-49(42)52)70(55-30-26-45(63(5,6)7)36-50(55)43-20-16-15-17-21-43)60-39-48(71-56-23-19-18-22-51(56)66(13)34-35-67(66,71)14)38-59-61(60)68(54)53-37-46(64(8,9)10)27-31-57(53)69(59)47-28-24-44(25-29-47)62(2,3)4/h16,18-31,36-42H,32-35H2,1-14H3. The lowest BCUT2D eigenvalue weighted by Gasteiger charge is -2.56. The van der Waals surface area contributed by atoms with Gasteiger partial charge in [-0.3, -0.25) is 0 Å². The summed E-state index contributed by atoms with van der Waals surface area (Å²) >= 11 is 0. The van der Waals surface area contributed by atoms with Crippen LogP contribution in [-0.4, -0.2) is 12.3 Å². The molecular formula is C67H72BN3. The minimum Gasteiger partial charge on any atom is -0.334 e. The molecule has 6 aliphatic rings. The highest BCUT2D eigenvalue weighted by Crippen LogP contribution is 2.65. The molecule has 0 aromatic heterocycles. The van der Waals surface area contributed by atoms with Gasteiger partial charge in [-0.05, 0) is 188 Å². The van der Waals surface area contributed by atoms with Gasteiger partial charge in [-0.1, -0.05) is 156 Å². The van der Waals surface area contributed by atoms with Gasteiger partial charge in [0, 0.05) is 50.8 Å². The van der Waals surface area contributed by atoms with E-state index < -0.39 is 0 Å². The molecular weight excluding hydrogens is 858 g/mol. The Hall–Kier alpha value is -6.18. The topological polar surface area (TPSA) is 9.72 Å². The Morgan fingerprint density at radius 3 is 1.83 bits per heavy atom. The zero-order chi connectivity index (χ0) is 49.9. The van der Waals surface area contributed by atoms with Crippen molar-refractivity contribution in [1.82, 2.24) is 0 Å². The van der Waals surface area contributed by atoms with Crippen LogP contribution in [0.25, 0.3) is 5.57 Å². The first-order valence-corrected chi connectivity index (χ1v) is 26.6. The Labute approximate surface area is 425 Å². The van der Waals surface area contributed by atoms with E-state index in [9.17, 15) is 0 Å². The summed E-state index contributed by atoms with van der Waals surface area (Å²) < 4.78 is 0. The molecule has 12 rings (SSSR count). The molecule has 4 heteroatoms.